The van der Waals surface area contributed by atoms with Crippen LogP contribution in [0.25, 0.3) is 5.69 Å². The number of nitrogens with one attached hydrogen (secondary N) is 1. The molecule has 1 N–H and O–H groups in total. The first kappa shape index (κ1) is 14.6. The Morgan fingerprint density at radius 2 is 1.86 bits per heavy atom. The molecule has 1 aliphatic carbocycles. The molecule has 0 saturated heterocycles. The van der Waals surface area contributed by atoms with Gasteiger partial charge in [0, 0.05) is 11.1 Å². The van der Waals surface area contributed by atoms with Crippen molar-refractivity contribution in [3.05, 3.63) is 40.7 Å². The van der Waals surface area contributed by atoms with Crippen molar-refractivity contribution in [2.45, 2.75) is 37.6 Å². The molecule has 0 unspecified atom stereocenters. The van der Waals surface area contributed by atoms with Crippen LogP contribution in [0.3, 0.4) is 0 Å². The first-order valence-corrected chi connectivity index (χ1v) is 8.59. The molecule has 0 spiro atoms. The average Bonchev–Trinajstić information content (AvgIpc) is 3.14. The maximum absolute atomic E-state index is 12.4. The molecule has 0 aliphatic heterocycles. The SMILES string of the molecule is Cc1nn(-c2ccc(Cl)cc2)c(C)c1S(=O)(=O)NC1CC1. The van der Waals surface area contributed by atoms with Crippen LogP contribution in [0.4, 0.5) is 0 Å². The molecule has 0 bridgehead atoms. The fraction of sp³-hybridized carbons (Fsp3) is 0.357. The summed E-state index contributed by atoms with van der Waals surface area (Å²) >= 11 is 5.88. The molecule has 1 aromatic heterocycles. The van der Waals surface area contributed by atoms with Crippen molar-refractivity contribution in [2.24, 2.45) is 0 Å². The molecule has 112 valence electrons. The fourth-order valence-electron chi connectivity index (χ4n) is 2.33. The van der Waals surface area contributed by atoms with Gasteiger partial charge in [-0.2, -0.15) is 5.10 Å². The first-order chi connectivity index (χ1) is 9.88. The van der Waals surface area contributed by atoms with Gasteiger partial charge in [0.25, 0.3) is 0 Å². The summed E-state index contributed by atoms with van der Waals surface area (Å²) in [5.41, 5.74) is 1.88. The van der Waals surface area contributed by atoms with Crippen LogP contribution in [0.1, 0.15) is 24.2 Å². The second-order valence-electron chi connectivity index (χ2n) is 5.28. The quantitative estimate of drug-likeness (QED) is 0.939. The van der Waals surface area contributed by atoms with Gasteiger partial charge < -0.3 is 0 Å². The Kier molecular flexibility index (Phi) is 3.55. The lowest BCUT2D eigenvalue weighted by Gasteiger charge is -2.07. The fourth-order valence-corrected chi connectivity index (χ4v) is 4.15. The molecule has 3 rings (SSSR count). The summed E-state index contributed by atoms with van der Waals surface area (Å²) in [5, 5.41) is 4.99. The lowest BCUT2D eigenvalue weighted by Crippen LogP contribution is -2.26. The zero-order valence-corrected chi connectivity index (χ0v) is 13.4. The Morgan fingerprint density at radius 3 is 2.43 bits per heavy atom. The molecule has 1 aromatic carbocycles. The number of nitrogens with zero attached hydrogens (tertiary/aromatic N) is 2. The summed E-state index contributed by atoms with van der Waals surface area (Å²) in [6, 6.07) is 7.21. The van der Waals surface area contributed by atoms with Crippen LogP contribution in [0.5, 0.6) is 0 Å². The summed E-state index contributed by atoms with van der Waals surface area (Å²) in [4.78, 5) is 0.268. The van der Waals surface area contributed by atoms with Crippen LogP contribution in [0.15, 0.2) is 29.2 Å². The molecule has 21 heavy (non-hydrogen) atoms. The Morgan fingerprint density at radius 1 is 1.24 bits per heavy atom. The number of hydrogen-bond donors (Lipinski definition) is 1. The van der Waals surface area contributed by atoms with Crippen LogP contribution in [-0.2, 0) is 10.0 Å². The van der Waals surface area contributed by atoms with E-state index in [1.807, 2.05) is 12.1 Å². The monoisotopic (exact) mass is 325 g/mol. The summed E-state index contributed by atoms with van der Waals surface area (Å²) in [7, 11) is -3.51. The minimum atomic E-state index is -3.51. The lowest BCUT2D eigenvalue weighted by molar-refractivity contribution is 0.579. The number of rotatable bonds is 4. The van der Waals surface area contributed by atoms with E-state index in [1.54, 1.807) is 30.7 Å². The van der Waals surface area contributed by atoms with Crippen molar-refractivity contribution in [3.8, 4) is 5.69 Å². The highest BCUT2D eigenvalue weighted by Gasteiger charge is 2.31. The van der Waals surface area contributed by atoms with Gasteiger partial charge in [0.05, 0.1) is 17.1 Å². The van der Waals surface area contributed by atoms with Gasteiger partial charge in [0.2, 0.25) is 10.0 Å². The zero-order chi connectivity index (χ0) is 15.2. The second-order valence-corrected chi connectivity index (χ2v) is 7.37. The minimum absolute atomic E-state index is 0.0766. The number of aromatic nitrogens is 2. The molecule has 1 aliphatic rings. The Hall–Kier alpha value is -1.37. The molecule has 7 heteroatoms. The van der Waals surface area contributed by atoms with Crippen molar-refractivity contribution >= 4 is 21.6 Å². The van der Waals surface area contributed by atoms with E-state index in [-0.39, 0.29) is 10.9 Å². The van der Waals surface area contributed by atoms with Crippen molar-refractivity contribution < 1.29 is 8.42 Å². The van der Waals surface area contributed by atoms with E-state index in [0.29, 0.717) is 16.4 Å². The molecule has 2 aromatic rings. The van der Waals surface area contributed by atoms with Crippen molar-refractivity contribution in [1.29, 1.82) is 0 Å². The molecule has 0 atom stereocenters. The van der Waals surface area contributed by atoms with E-state index in [0.717, 1.165) is 18.5 Å². The number of hydrogen-bond acceptors (Lipinski definition) is 3. The molecular weight excluding hydrogens is 310 g/mol. The summed E-state index contributed by atoms with van der Waals surface area (Å²) in [6.45, 7) is 3.47. The van der Waals surface area contributed by atoms with Gasteiger partial charge in [-0.3, -0.25) is 0 Å². The van der Waals surface area contributed by atoms with Gasteiger partial charge in [-0.25, -0.2) is 17.8 Å². The Balaban J connectivity index is 2.05. The molecular formula is C14H16ClN3O2S. The normalized spacial score (nSPS) is 15.4. The minimum Gasteiger partial charge on any atom is -0.236 e. The third-order valence-electron chi connectivity index (χ3n) is 3.46. The molecule has 0 amide bonds. The van der Waals surface area contributed by atoms with Gasteiger partial charge in [0.15, 0.2) is 0 Å². The van der Waals surface area contributed by atoms with E-state index in [9.17, 15) is 8.42 Å². The maximum Gasteiger partial charge on any atom is 0.244 e. The molecule has 1 saturated carbocycles. The van der Waals surface area contributed by atoms with Crippen molar-refractivity contribution in [2.75, 3.05) is 0 Å². The maximum atomic E-state index is 12.4. The number of sulfonamides is 1. The predicted molar refractivity (Wildman–Crippen MR) is 81.4 cm³/mol. The van der Waals surface area contributed by atoms with E-state index in [4.69, 9.17) is 11.6 Å². The van der Waals surface area contributed by atoms with Crippen LogP contribution >= 0.6 is 11.6 Å². The Bertz CT molecular complexity index is 777. The Labute approximate surface area is 129 Å². The van der Waals surface area contributed by atoms with Gasteiger partial charge >= 0.3 is 0 Å². The second kappa shape index (κ2) is 5.12. The number of benzene rings is 1. The highest BCUT2D eigenvalue weighted by atomic mass is 35.5. The standard InChI is InChI=1S/C14H16ClN3O2S/c1-9-14(21(19,20)17-12-5-6-12)10(2)18(16-9)13-7-3-11(15)4-8-13/h3-4,7-8,12,17H,5-6H2,1-2H3. The van der Waals surface area contributed by atoms with Crippen LogP contribution in [-0.4, -0.2) is 24.2 Å². The van der Waals surface area contributed by atoms with E-state index < -0.39 is 10.0 Å². The van der Waals surface area contributed by atoms with Crippen LogP contribution < -0.4 is 4.72 Å². The molecule has 1 heterocycles. The van der Waals surface area contributed by atoms with Gasteiger partial charge in [-0.05, 0) is 51.0 Å². The highest BCUT2D eigenvalue weighted by molar-refractivity contribution is 7.89. The smallest absolute Gasteiger partial charge is 0.236 e. The van der Waals surface area contributed by atoms with E-state index in [2.05, 4.69) is 9.82 Å². The van der Waals surface area contributed by atoms with Crippen LogP contribution in [0.2, 0.25) is 5.02 Å². The average molecular weight is 326 g/mol. The first-order valence-electron chi connectivity index (χ1n) is 6.73. The van der Waals surface area contributed by atoms with Crippen molar-refractivity contribution in [3.63, 3.8) is 0 Å². The summed E-state index contributed by atoms with van der Waals surface area (Å²) < 4.78 is 29.2. The molecule has 5 nitrogen and oxygen atoms in total. The summed E-state index contributed by atoms with van der Waals surface area (Å²) in [6.07, 6.45) is 1.81. The highest BCUT2D eigenvalue weighted by Crippen LogP contribution is 2.26. The molecule has 0 radical (unpaired) electrons. The third kappa shape index (κ3) is 2.84. The zero-order valence-electron chi connectivity index (χ0n) is 11.8. The number of halogens is 1. The number of aryl methyl sites for hydroxylation is 1. The third-order valence-corrected chi connectivity index (χ3v) is 5.49. The summed E-state index contributed by atoms with van der Waals surface area (Å²) in [5.74, 6) is 0. The van der Waals surface area contributed by atoms with E-state index in [1.165, 1.54) is 0 Å². The van der Waals surface area contributed by atoms with Crippen molar-refractivity contribution in [1.82, 2.24) is 14.5 Å². The van der Waals surface area contributed by atoms with Gasteiger partial charge in [-0.15, -0.1) is 0 Å². The molecule has 1 fully saturated rings. The van der Waals surface area contributed by atoms with E-state index >= 15 is 0 Å². The largest absolute Gasteiger partial charge is 0.244 e. The predicted octanol–water partition coefficient (Wildman–Crippen LogP) is 2.58. The van der Waals surface area contributed by atoms with Crippen LogP contribution in [0, 0.1) is 13.8 Å². The lowest BCUT2D eigenvalue weighted by atomic mass is 10.3. The van der Waals surface area contributed by atoms with Gasteiger partial charge in [0.1, 0.15) is 4.90 Å². The van der Waals surface area contributed by atoms with Gasteiger partial charge in [-0.1, -0.05) is 11.6 Å². The topological polar surface area (TPSA) is 64.0 Å².